The van der Waals surface area contributed by atoms with E-state index >= 15 is 0 Å². The van der Waals surface area contributed by atoms with Crippen LogP contribution < -0.4 is 4.74 Å². The van der Waals surface area contributed by atoms with E-state index in [9.17, 15) is 4.79 Å². The topological polar surface area (TPSA) is 38.8 Å². The van der Waals surface area contributed by atoms with E-state index in [-0.39, 0.29) is 11.6 Å². The zero-order chi connectivity index (χ0) is 17.5. The summed E-state index contributed by atoms with van der Waals surface area (Å²) in [6.07, 6.45) is 5.66. The Morgan fingerprint density at radius 3 is 2.42 bits per heavy atom. The van der Waals surface area contributed by atoms with Crippen LogP contribution in [0, 0.1) is 20.8 Å². The third-order valence-electron chi connectivity index (χ3n) is 5.77. The summed E-state index contributed by atoms with van der Waals surface area (Å²) in [5.41, 5.74) is 5.15. The fourth-order valence-electron chi connectivity index (χ4n) is 3.87. The van der Waals surface area contributed by atoms with E-state index in [1.165, 1.54) is 12.0 Å². The minimum absolute atomic E-state index is 0.0738. The molecule has 0 bridgehead atoms. The molecule has 1 spiro atoms. The maximum absolute atomic E-state index is 12.6. The van der Waals surface area contributed by atoms with Gasteiger partial charge in [-0.15, -0.1) is 0 Å². The molecule has 24 heavy (non-hydrogen) atoms. The average molecular weight is 331 g/mol. The van der Waals surface area contributed by atoms with Crippen molar-refractivity contribution in [3.63, 3.8) is 0 Å². The molecule has 0 aromatic heterocycles. The normalized spacial score (nSPS) is 18.1. The van der Waals surface area contributed by atoms with Crippen molar-refractivity contribution < 1.29 is 14.3 Å². The Kier molecular flexibility index (Phi) is 4.60. The Morgan fingerprint density at radius 1 is 1.12 bits per heavy atom. The second kappa shape index (κ2) is 6.40. The van der Waals surface area contributed by atoms with Crippen LogP contribution in [0.3, 0.4) is 0 Å². The van der Waals surface area contributed by atoms with Gasteiger partial charge in [0.05, 0.1) is 5.56 Å². The smallest absolute Gasteiger partial charge is 0.338 e. The minimum Gasteiger partial charge on any atom is -0.487 e. The molecule has 4 nitrogen and oxygen atoms in total. The Hall–Kier alpha value is -1.55. The van der Waals surface area contributed by atoms with Gasteiger partial charge in [-0.2, -0.15) is 0 Å². The van der Waals surface area contributed by atoms with Gasteiger partial charge >= 0.3 is 5.97 Å². The first-order chi connectivity index (χ1) is 11.3. The highest BCUT2D eigenvalue weighted by Crippen LogP contribution is 2.48. The second-order valence-electron chi connectivity index (χ2n) is 7.64. The molecule has 1 saturated carbocycles. The van der Waals surface area contributed by atoms with Crippen molar-refractivity contribution >= 4 is 5.97 Å². The second-order valence-corrected chi connectivity index (χ2v) is 7.64. The molecule has 0 radical (unpaired) electrons. The van der Waals surface area contributed by atoms with Crippen molar-refractivity contribution in [1.29, 1.82) is 0 Å². The Labute approximate surface area is 145 Å². The molecule has 1 aromatic carbocycles. The Morgan fingerprint density at radius 2 is 1.83 bits per heavy atom. The van der Waals surface area contributed by atoms with Gasteiger partial charge in [-0.05, 0) is 89.2 Å². The molecular weight excluding hydrogens is 302 g/mol. The van der Waals surface area contributed by atoms with Gasteiger partial charge in [0, 0.05) is 6.54 Å². The SMILES string of the molecule is Cc1c(C)c(C(=O)OCCN(C)C)c(C)c2c1OC1(CCC1)CC2. The number of esters is 1. The van der Waals surface area contributed by atoms with Crippen LogP contribution in [0.15, 0.2) is 0 Å². The van der Waals surface area contributed by atoms with Gasteiger partial charge in [-0.25, -0.2) is 4.79 Å². The highest BCUT2D eigenvalue weighted by atomic mass is 16.5. The highest BCUT2D eigenvalue weighted by Gasteiger charge is 2.43. The Bertz CT molecular complexity index is 660. The number of hydrogen-bond donors (Lipinski definition) is 0. The quantitative estimate of drug-likeness (QED) is 0.791. The lowest BCUT2D eigenvalue weighted by atomic mass is 9.73. The molecule has 0 N–H and O–H groups in total. The van der Waals surface area contributed by atoms with Gasteiger partial charge in [-0.3, -0.25) is 0 Å². The molecule has 1 heterocycles. The summed E-state index contributed by atoms with van der Waals surface area (Å²) in [7, 11) is 3.95. The van der Waals surface area contributed by atoms with Crippen LogP contribution >= 0.6 is 0 Å². The number of likely N-dealkylation sites (N-methyl/N-ethyl adjacent to an activating group) is 1. The zero-order valence-electron chi connectivity index (χ0n) is 15.6. The molecule has 4 heteroatoms. The van der Waals surface area contributed by atoms with E-state index in [1.807, 2.05) is 32.8 Å². The molecule has 1 aliphatic carbocycles. The summed E-state index contributed by atoms with van der Waals surface area (Å²) in [6.45, 7) is 7.27. The molecule has 0 atom stereocenters. The lowest BCUT2D eigenvalue weighted by Crippen LogP contribution is -2.46. The predicted octanol–water partition coefficient (Wildman–Crippen LogP) is 3.58. The summed E-state index contributed by atoms with van der Waals surface area (Å²) >= 11 is 0. The third-order valence-corrected chi connectivity index (χ3v) is 5.77. The first-order valence-corrected chi connectivity index (χ1v) is 8.98. The summed E-state index contributed by atoms with van der Waals surface area (Å²) in [5.74, 6) is 0.822. The molecule has 0 amide bonds. The van der Waals surface area contributed by atoms with Crippen molar-refractivity contribution in [3.8, 4) is 5.75 Å². The maximum Gasteiger partial charge on any atom is 0.338 e. The van der Waals surface area contributed by atoms with Gasteiger partial charge in [-0.1, -0.05) is 0 Å². The number of nitrogens with zero attached hydrogens (tertiary/aromatic N) is 1. The average Bonchev–Trinajstić information content (AvgIpc) is 2.50. The summed E-state index contributed by atoms with van der Waals surface area (Å²) < 4.78 is 11.9. The number of benzene rings is 1. The first kappa shape index (κ1) is 17.3. The molecule has 0 saturated heterocycles. The van der Waals surface area contributed by atoms with E-state index in [0.717, 1.165) is 60.2 Å². The third kappa shape index (κ3) is 2.92. The van der Waals surface area contributed by atoms with Gasteiger partial charge in [0.15, 0.2) is 0 Å². The van der Waals surface area contributed by atoms with E-state index < -0.39 is 0 Å². The van der Waals surface area contributed by atoms with Crippen molar-refractivity contribution in [2.45, 2.75) is 58.5 Å². The first-order valence-electron chi connectivity index (χ1n) is 8.98. The highest BCUT2D eigenvalue weighted by molar-refractivity contribution is 5.94. The fraction of sp³-hybridized carbons (Fsp3) is 0.650. The largest absolute Gasteiger partial charge is 0.487 e. The lowest BCUT2D eigenvalue weighted by Gasteiger charge is -2.46. The zero-order valence-corrected chi connectivity index (χ0v) is 15.6. The van der Waals surface area contributed by atoms with Crippen LogP contribution in [0.2, 0.25) is 0 Å². The summed E-state index contributed by atoms with van der Waals surface area (Å²) in [6, 6.07) is 0. The fourth-order valence-corrected chi connectivity index (χ4v) is 3.87. The number of rotatable bonds is 4. The number of carbonyl (C=O) groups excluding carboxylic acids is 1. The van der Waals surface area contributed by atoms with Gasteiger partial charge in [0.25, 0.3) is 0 Å². The monoisotopic (exact) mass is 331 g/mol. The predicted molar refractivity (Wildman–Crippen MR) is 95.0 cm³/mol. The van der Waals surface area contributed by atoms with E-state index in [4.69, 9.17) is 9.47 Å². The van der Waals surface area contributed by atoms with Crippen molar-refractivity contribution in [1.82, 2.24) is 4.90 Å². The van der Waals surface area contributed by atoms with Crippen molar-refractivity contribution in [2.75, 3.05) is 27.2 Å². The van der Waals surface area contributed by atoms with Crippen molar-refractivity contribution in [3.05, 3.63) is 27.8 Å². The Balaban J connectivity index is 1.89. The van der Waals surface area contributed by atoms with Gasteiger partial charge in [0.2, 0.25) is 0 Å². The summed E-state index contributed by atoms with van der Waals surface area (Å²) in [5, 5.41) is 0. The molecular formula is C20H29NO3. The number of ether oxygens (including phenoxy) is 2. The maximum atomic E-state index is 12.6. The van der Waals surface area contributed by atoms with E-state index in [0.29, 0.717) is 6.61 Å². The van der Waals surface area contributed by atoms with E-state index in [2.05, 4.69) is 6.92 Å². The number of fused-ring (bicyclic) bond motifs is 1. The van der Waals surface area contributed by atoms with Gasteiger partial charge < -0.3 is 14.4 Å². The van der Waals surface area contributed by atoms with E-state index in [1.54, 1.807) is 0 Å². The summed E-state index contributed by atoms with van der Waals surface area (Å²) in [4.78, 5) is 14.6. The van der Waals surface area contributed by atoms with Crippen LogP contribution in [-0.2, 0) is 11.2 Å². The van der Waals surface area contributed by atoms with Crippen LogP contribution in [0.1, 0.15) is 58.3 Å². The molecule has 1 fully saturated rings. The molecule has 3 rings (SSSR count). The molecule has 132 valence electrons. The van der Waals surface area contributed by atoms with Crippen LogP contribution in [0.4, 0.5) is 0 Å². The minimum atomic E-state index is -0.207. The number of hydrogen-bond acceptors (Lipinski definition) is 4. The molecule has 1 aromatic rings. The van der Waals surface area contributed by atoms with Crippen LogP contribution in [-0.4, -0.2) is 43.7 Å². The molecule has 0 unspecified atom stereocenters. The lowest BCUT2D eigenvalue weighted by molar-refractivity contribution is -0.0257. The molecule has 1 aliphatic heterocycles. The number of carbonyl (C=O) groups is 1. The van der Waals surface area contributed by atoms with Crippen molar-refractivity contribution in [2.24, 2.45) is 0 Å². The molecule has 2 aliphatic rings. The van der Waals surface area contributed by atoms with Crippen LogP contribution in [0.5, 0.6) is 5.75 Å². The van der Waals surface area contributed by atoms with Gasteiger partial charge in [0.1, 0.15) is 18.0 Å². The van der Waals surface area contributed by atoms with Crippen LogP contribution in [0.25, 0.3) is 0 Å². The standard InChI is InChI=1S/C20H29NO3/c1-13-14(2)18-16(7-10-20(24-18)8-6-9-20)15(3)17(13)19(22)23-12-11-21(4)5/h6-12H2,1-5H3.